The summed E-state index contributed by atoms with van der Waals surface area (Å²) in [5, 5.41) is 10.9. The first-order valence-electron chi connectivity index (χ1n) is 6.64. The molecule has 0 saturated heterocycles. The van der Waals surface area contributed by atoms with Gasteiger partial charge in [-0.3, -0.25) is 14.9 Å². The summed E-state index contributed by atoms with van der Waals surface area (Å²) < 4.78 is 17.8. The van der Waals surface area contributed by atoms with Gasteiger partial charge >= 0.3 is 5.97 Å². The van der Waals surface area contributed by atoms with Crippen LogP contribution < -0.4 is 0 Å². The minimum Gasteiger partial charge on any atom is -0.450 e. The Hall–Kier alpha value is -3.09. The van der Waals surface area contributed by atoms with E-state index in [1.54, 1.807) is 0 Å². The Morgan fingerprint density at radius 2 is 1.74 bits per heavy atom. The number of ether oxygens (including phenoxy) is 1. The molecule has 7 heteroatoms. The number of nitro groups is 1. The van der Waals surface area contributed by atoms with Crippen LogP contribution in [0.1, 0.15) is 27.6 Å². The highest BCUT2D eigenvalue weighted by Crippen LogP contribution is 2.19. The van der Waals surface area contributed by atoms with E-state index in [9.17, 15) is 24.1 Å². The SMILES string of the molecule is CC(OC(=O)c1ccccc1[N+](=O)[O-])C(=O)c1ccc(F)cc1. The first-order chi connectivity index (χ1) is 10.9. The van der Waals surface area contributed by atoms with Gasteiger partial charge in [0, 0.05) is 11.6 Å². The van der Waals surface area contributed by atoms with Crippen LogP contribution in [0.5, 0.6) is 0 Å². The van der Waals surface area contributed by atoms with E-state index in [-0.39, 0.29) is 11.1 Å². The molecule has 0 spiro atoms. The summed E-state index contributed by atoms with van der Waals surface area (Å²) in [4.78, 5) is 34.3. The number of carbonyl (C=O) groups is 2. The maximum Gasteiger partial charge on any atom is 0.345 e. The molecule has 2 aromatic carbocycles. The largest absolute Gasteiger partial charge is 0.450 e. The number of para-hydroxylation sites is 1. The number of Topliss-reactive ketones (excluding diaryl/α,β-unsaturated/α-hetero) is 1. The molecule has 0 saturated carbocycles. The normalized spacial score (nSPS) is 11.6. The van der Waals surface area contributed by atoms with E-state index in [1.807, 2.05) is 0 Å². The molecule has 1 unspecified atom stereocenters. The van der Waals surface area contributed by atoms with E-state index in [0.717, 1.165) is 12.1 Å². The molecule has 118 valence electrons. The van der Waals surface area contributed by atoms with Gasteiger partial charge in [0.15, 0.2) is 6.10 Å². The van der Waals surface area contributed by atoms with Crippen molar-refractivity contribution in [2.24, 2.45) is 0 Å². The molecule has 0 amide bonds. The number of hydrogen-bond donors (Lipinski definition) is 0. The highest BCUT2D eigenvalue weighted by molar-refractivity contribution is 6.02. The van der Waals surface area contributed by atoms with E-state index in [2.05, 4.69) is 0 Å². The summed E-state index contributed by atoms with van der Waals surface area (Å²) in [6, 6.07) is 10.1. The van der Waals surface area contributed by atoms with Gasteiger partial charge in [0.05, 0.1) is 4.92 Å². The van der Waals surface area contributed by atoms with Gasteiger partial charge < -0.3 is 4.74 Å². The Balaban J connectivity index is 2.15. The van der Waals surface area contributed by atoms with Crippen molar-refractivity contribution in [3.63, 3.8) is 0 Å². The van der Waals surface area contributed by atoms with Gasteiger partial charge in [-0.25, -0.2) is 9.18 Å². The lowest BCUT2D eigenvalue weighted by atomic mass is 10.1. The number of nitro benzene ring substituents is 1. The van der Waals surface area contributed by atoms with Crippen LogP contribution in [0.3, 0.4) is 0 Å². The average molecular weight is 317 g/mol. The van der Waals surface area contributed by atoms with Crippen molar-refractivity contribution >= 4 is 17.4 Å². The number of rotatable bonds is 5. The van der Waals surface area contributed by atoms with E-state index >= 15 is 0 Å². The Kier molecular flexibility index (Phi) is 4.80. The molecular formula is C16H12FNO5. The molecule has 0 aliphatic heterocycles. The summed E-state index contributed by atoms with van der Waals surface area (Å²) >= 11 is 0. The molecule has 0 aliphatic rings. The predicted octanol–water partition coefficient (Wildman–Crippen LogP) is 3.16. The zero-order valence-corrected chi connectivity index (χ0v) is 12.1. The van der Waals surface area contributed by atoms with Crippen LogP contribution in [0, 0.1) is 15.9 Å². The van der Waals surface area contributed by atoms with Crippen LogP contribution in [-0.2, 0) is 4.74 Å². The maximum absolute atomic E-state index is 12.8. The van der Waals surface area contributed by atoms with Crippen LogP contribution in [0.25, 0.3) is 0 Å². The van der Waals surface area contributed by atoms with Crippen molar-refractivity contribution in [3.05, 3.63) is 75.6 Å². The fraction of sp³-hybridized carbons (Fsp3) is 0.125. The molecule has 0 aromatic heterocycles. The highest BCUT2D eigenvalue weighted by atomic mass is 19.1. The molecule has 0 N–H and O–H groups in total. The molecule has 2 aromatic rings. The molecule has 0 heterocycles. The van der Waals surface area contributed by atoms with Crippen molar-refractivity contribution in [2.45, 2.75) is 13.0 Å². The van der Waals surface area contributed by atoms with Crippen molar-refractivity contribution in [2.75, 3.05) is 0 Å². The van der Waals surface area contributed by atoms with Gasteiger partial charge in [-0.05, 0) is 37.3 Å². The summed E-state index contributed by atoms with van der Waals surface area (Å²) in [7, 11) is 0. The number of esters is 1. The molecule has 0 bridgehead atoms. The third kappa shape index (κ3) is 3.76. The van der Waals surface area contributed by atoms with E-state index in [1.165, 1.54) is 43.3 Å². The van der Waals surface area contributed by atoms with Crippen molar-refractivity contribution in [1.82, 2.24) is 0 Å². The van der Waals surface area contributed by atoms with Gasteiger partial charge in [0.25, 0.3) is 5.69 Å². The minimum absolute atomic E-state index is 0.175. The lowest BCUT2D eigenvalue weighted by molar-refractivity contribution is -0.385. The van der Waals surface area contributed by atoms with E-state index in [0.29, 0.717) is 0 Å². The van der Waals surface area contributed by atoms with Gasteiger partial charge in [-0.2, -0.15) is 0 Å². The van der Waals surface area contributed by atoms with Gasteiger partial charge in [0.2, 0.25) is 5.78 Å². The van der Waals surface area contributed by atoms with Crippen LogP contribution in [-0.4, -0.2) is 22.8 Å². The predicted molar refractivity (Wildman–Crippen MR) is 78.7 cm³/mol. The smallest absolute Gasteiger partial charge is 0.345 e. The van der Waals surface area contributed by atoms with E-state index in [4.69, 9.17) is 4.74 Å². The van der Waals surface area contributed by atoms with Crippen molar-refractivity contribution in [3.8, 4) is 0 Å². The van der Waals surface area contributed by atoms with Gasteiger partial charge in [0.1, 0.15) is 11.4 Å². The Morgan fingerprint density at radius 3 is 2.35 bits per heavy atom. The van der Waals surface area contributed by atoms with Crippen LogP contribution in [0.2, 0.25) is 0 Å². The van der Waals surface area contributed by atoms with Crippen molar-refractivity contribution < 1.29 is 23.6 Å². The fourth-order valence-corrected chi connectivity index (χ4v) is 1.93. The summed E-state index contributed by atoms with van der Waals surface area (Å²) in [6.45, 7) is 1.35. The number of hydrogen-bond acceptors (Lipinski definition) is 5. The van der Waals surface area contributed by atoms with Gasteiger partial charge in [-0.1, -0.05) is 12.1 Å². The monoisotopic (exact) mass is 317 g/mol. The zero-order chi connectivity index (χ0) is 17.0. The Labute approximate surface area is 130 Å². The maximum atomic E-state index is 12.8. The average Bonchev–Trinajstić information content (AvgIpc) is 2.54. The number of carbonyl (C=O) groups excluding carboxylic acids is 2. The Bertz CT molecular complexity index is 757. The molecule has 0 radical (unpaired) electrons. The fourth-order valence-electron chi connectivity index (χ4n) is 1.93. The second kappa shape index (κ2) is 6.78. The molecule has 0 fully saturated rings. The third-order valence-electron chi connectivity index (χ3n) is 3.10. The molecule has 1 atom stereocenters. The summed E-state index contributed by atoms with van der Waals surface area (Å²) in [6.07, 6.45) is -1.16. The minimum atomic E-state index is -1.16. The highest BCUT2D eigenvalue weighted by Gasteiger charge is 2.25. The summed E-state index contributed by atoms with van der Waals surface area (Å²) in [5.74, 6) is -2.00. The quantitative estimate of drug-likeness (QED) is 0.366. The lowest BCUT2D eigenvalue weighted by Crippen LogP contribution is -2.24. The number of nitrogens with zero attached hydrogens (tertiary/aromatic N) is 1. The molecule has 2 rings (SSSR count). The zero-order valence-electron chi connectivity index (χ0n) is 12.1. The lowest BCUT2D eigenvalue weighted by Gasteiger charge is -2.12. The number of benzene rings is 2. The topological polar surface area (TPSA) is 86.5 Å². The van der Waals surface area contributed by atoms with Crippen LogP contribution >= 0.6 is 0 Å². The molecular weight excluding hydrogens is 305 g/mol. The molecule has 6 nitrogen and oxygen atoms in total. The summed E-state index contributed by atoms with van der Waals surface area (Å²) in [5.41, 5.74) is -0.468. The first kappa shape index (κ1) is 16.3. The van der Waals surface area contributed by atoms with E-state index < -0.39 is 34.3 Å². The number of halogens is 1. The van der Waals surface area contributed by atoms with Crippen LogP contribution in [0.4, 0.5) is 10.1 Å². The molecule has 0 aliphatic carbocycles. The molecule has 23 heavy (non-hydrogen) atoms. The van der Waals surface area contributed by atoms with Crippen molar-refractivity contribution in [1.29, 1.82) is 0 Å². The number of ketones is 1. The standard InChI is InChI=1S/C16H12FNO5/c1-10(15(19)11-6-8-12(17)9-7-11)23-16(20)13-4-2-3-5-14(13)18(21)22/h2-10H,1H3. The first-order valence-corrected chi connectivity index (χ1v) is 6.64. The van der Waals surface area contributed by atoms with Gasteiger partial charge in [-0.15, -0.1) is 0 Å². The second-order valence-electron chi connectivity index (χ2n) is 4.69. The second-order valence-corrected chi connectivity index (χ2v) is 4.69. The third-order valence-corrected chi connectivity index (χ3v) is 3.10. The Morgan fingerprint density at radius 1 is 1.13 bits per heavy atom. The van der Waals surface area contributed by atoms with Crippen LogP contribution in [0.15, 0.2) is 48.5 Å².